The molecule has 162 valence electrons. The second kappa shape index (κ2) is 9.02. The van der Waals surface area contributed by atoms with Crippen LogP contribution in [0.3, 0.4) is 0 Å². The SMILES string of the molecule is O=C(O)N[C@H]1C[C@@H](C(F)(F)F)CN(c2ccncc2NCc2ccc(F)c(Br)n2)C1. The lowest BCUT2D eigenvalue weighted by atomic mass is 9.93. The molecule has 1 saturated heterocycles. The highest BCUT2D eigenvalue weighted by Gasteiger charge is 2.45. The molecule has 1 amide bonds. The summed E-state index contributed by atoms with van der Waals surface area (Å²) in [7, 11) is 0. The van der Waals surface area contributed by atoms with Crippen molar-refractivity contribution in [3.05, 3.63) is 46.7 Å². The highest BCUT2D eigenvalue weighted by molar-refractivity contribution is 9.10. The van der Waals surface area contributed by atoms with Crippen LogP contribution in [-0.2, 0) is 6.54 Å². The lowest BCUT2D eigenvalue weighted by Crippen LogP contribution is -2.53. The fraction of sp³-hybridized carbons (Fsp3) is 0.389. The summed E-state index contributed by atoms with van der Waals surface area (Å²) in [5, 5.41) is 14.2. The Labute approximate surface area is 177 Å². The Morgan fingerprint density at radius 3 is 2.73 bits per heavy atom. The van der Waals surface area contributed by atoms with Crippen LogP contribution in [0.4, 0.5) is 33.7 Å². The molecule has 3 N–H and O–H groups in total. The first kappa shape index (κ1) is 22.1. The summed E-state index contributed by atoms with van der Waals surface area (Å²) in [4.78, 5) is 20.5. The average molecular weight is 492 g/mol. The summed E-state index contributed by atoms with van der Waals surface area (Å²) in [6.45, 7) is -0.0385. The largest absolute Gasteiger partial charge is 0.465 e. The molecule has 2 aromatic rings. The van der Waals surface area contributed by atoms with E-state index in [0.29, 0.717) is 17.1 Å². The topological polar surface area (TPSA) is 90.4 Å². The Morgan fingerprint density at radius 2 is 2.07 bits per heavy atom. The zero-order valence-corrected chi connectivity index (χ0v) is 17.0. The number of amides is 1. The van der Waals surface area contributed by atoms with Gasteiger partial charge in [-0.15, -0.1) is 0 Å². The molecule has 0 aliphatic carbocycles. The average Bonchev–Trinajstić information content (AvgIpc) is 2.67. The van der Waals surface area contributed by atoms with Crippen LogP contribution >= 0.6 is 15.9 Å². The van der Waals surface area contributed by atoms with Gasteiger partial charge >= 0.3 is 12.3 Å². The first-order valence-corrected chi connectivity index (χ1v) is 9.72. The summed E-state index contributed by atoms with van der Waals surface area (Å²) in [5.41, 5.74) is 1.42. The lowest BCUT2D eigenvalue weighted by molar-refractivity contribution is -0.177. The van der Waals surface area contributed by atoms with Crippen LogP contribution in [0.2, 0.25) is 0 Å². The summed E-state index contributed by atoms with van der Waals surface area (Å²) in [5.74, 6) is -2.19. The zero-order valence-electron chi connectivity index (χ0n) is 15.5. The Bertz CT molecular complexity index is 914. The Hall–Kier alpha value is -2.63. The van der Waals surface area contributed by atoms with E-state index < -0.39 is 30.0 Å². The van der Waals surface area contributed by atoms with Crippen molar-refractivity contribution in [2.45, 2.75) is 25.2 Å². The molecule has 2 aromatic heterocycles. The number of nitrogens with zero attached hydrogens (tertiary/aromatic N) is 3. The van der Waals surface area contributed by atoms with E-state index in [9.17, 15) is 22.4 Å². The molecule has 0 radical (unpaired) electrons. The van der Waals surface area contributed by atoms with Crippen LogP contribution in [0.25, 0.3) is 0 Å². The minimum atomic E-state index is -4.46. The third-order valence-electron chi connectivity index (χ3n) is 4.70. The second-order valence-corrected chi connectivity index (χ2v) is 7.60. The molecule has 3 heterocycles. The predicted molar refractivity (Wildman–Crippen MR) is 105 cm³/mol. The molecule has 12 heteroatoms. The van der Waals surface area contributed by atoms with Gasteiger partial charge in [-0.2, -0.15) is 13.2 Å². The molecule has 1 aliphatic rings. The van der Waals surface area contributed by atoms with Gasteiger partial charge in [-0.05, 0) is 40.5 Å². The molecular weight excluding hydrogens is 474 g/mol. The van der Waals surface area contributed by atoms with Gasteiger partial charge in [-0.25, -0.2) is 14.2 Å². The fourth-order valence-corrected chi connectivity index (χ4v) is 3.71. The van der Waals surface area contributed by atoms with Crippen LogP contribution in [-0.4, -0.2) is 46.5 Å². The number of piperidine rings is 1. The molecule has 2 atom stereocenters. The number of rotatable bonds is 5. The van der Waals surface area contributed by atoms with E-state index >= 15 is 0 Å². The number of anilines is 2. The number of hydrogen-bond donors (Lipinski definition) is 3. The van der Waals surface area contributed by atoms with Crippen molar-refractivity contribution in [2.24, 2.45) is 5.92 Å². The zero-order chi connectivity index (χ0) is 21.9. The summed E-state index contributed by atoms with van der Waals surface area (Å²) < 4.78 is 53.6. The van der Waals surface area contributed by atoms with E-state index in [2.05, 4.69) is 36.5 Å². The summed E-state index contributed by atoms with van der Waals surface area (Å²) >= 11 is 3.00. The van der Waals surface area contributed by atoms with Crippen LogP contribution in [0.1, 0.15) is 12.1 Å². The number of aromatic nitrogens is 2. The number of halogens is 5. The normalized spacial score (nSPS) is 19.4. The van der Waals surface area contributed by atoms with E-state index in [-0.39, 0.29) is 30.7 Å². The molecular formula is C18H18BrF4N5O2. The molecule has 1 aliphatic heterocycles. The first-order valence-electron chi connectivity index (χ1n) is 8.93. The van der Waals surface area contributed by atoms with E-state index in [1.165, 1.54) is 29.4 Å². The lowest BCUT2D eigenvalue weighted by Gasteiger charge is -2.40. The number of hydrogen-bond acceptors (Lipinski definition) is 5. The van der Waals surface area contributed by atoms with E-state index in [0.717, 1.165) is 0 Å². The maximum absolute atomic E-state index is 13.4. The van der Waals surface area contributed by atoms with Crippen molar-refractivity contribution in [3.63, 3.8) is 0 Å². The van der Waals surface area contributed by atoms with Crippen LogP contribution in [0.15, 0.2) is 35.2 Å². The van der Waals surface area contributed by atoms with Gasteiger partial charge in [-0.3, -0.25) is 4.98 Å². The van der Waals surface area contributed by atoms with E-state index in [1.807, 2.05) is 0 Å². The van der Waals surface area contributed by atoms with Gasteiger partial charge in [0.2, 0.25) is 0 Å². The monoisotopic (exact) mass is 491 g/mol. The maximum Gasteiger partial charge on any atom is 0.404 e. The van der Waals surface area contributed by atoms with Crippen LogP contribution in [0, 0.1) is 11.7 Å². The molecule has 0 bridgehead atoms. The van der Waals surface area contributed by atoms with Gasteiger partial charge < -0.3 is 20.6 Å². The van der Waals surface area contributed by atoms with Crippen molar-refractivity contribution in [1.29, 1.82) is 0 Å². The highest BCUT2D eigenvalue weighted by atomic mass is 79.9. The molecule has 0 saturated carbocycles. The summed E-state index contributed by atoms with van der Waals surface area (Å²) in [6.07, 6.45) is -3.24. The minimum Gasteiger partial charge on any atom is -0.465 e. The molecule has 1 fully saturated rings. The Balaban J connectivity index is 1.81. The van der Waals surface area contributed by atoms with Crippen molar-refractivity contribution >= 4 is 33.4 Å². The predicted octanol–water partition coefficient (Wildman–Crippen LogP) is 4.02. The van der Waals surface area contributed by atoms with Crippen molar-refractivity contribution < 1.29 is 27.5 Å². The number of nitrogens with one attached hydrogen (secondary N) is 2. The fourth-order valence-electron chi connectivity index (χ4n) is 3.35. The van der Waals surface area contributed by atoms with Crippen LogP contribution < -0.4 is 15.5 Å². The number of alkyl halides is 3. The third kappa shape index (κ3) is 5.49. The van der Waals surface area contributed by atoms with Crippen molar-refractivity contribution in [2.75, 3.05) is 23.3 Å². The van der Waals surface area contributed by atoms with Gasteiger partial charge in [0, 0.05) is 19.3 Å². The number of pyridine rings is 2. The standard InChI is InChI=1S/C18H18BrF4N5O2/c19-16-13(20)2-1-11(26-16)6-25-14-7-24-4-3-15(14)28-8-10(18(21,22)23)5-12(9-28)27-17(29)30/h1-4,7,10,12,25,27H,5-6,8-9H2,(H,29,30)/t10-,12+/m1/s1. The molecule has 0 unspecified atom stereocenters. The first-order chi connectivity index (χ1) is 14.1. The quantitative estimate of drug-likeness (QED) is 0.432. The van der Waals surface area contributed by atoms with Gasteiger partial charge in [0.15, 0.2) is 5.82 Å². The minimum absolute atomic E-state index is 0.0554. The van der Waals surface area contributed by atoms with Gasteiger partial charge in [0.05, 0.1) is 41.8 Å². The van der Waals surface area contributed by atoms with Gasteiger partial charge in [0.25, 0.3) is 0 Å². The summed E-state index contributed by atoms with van der Waals surface area (Å²) in [6, 6.07) is 3.42. The molecule has 0 aromatic carbocycles. The maximum atomic E-state index is 13.4. The van der Waals surface area contributed by atoms with Crippen molar-refractivity contribution in [3.8, 4) is 0 Å². The highest BCUT2D eigenvalue weighted by Crippen LogP contribution is 2.37. The molecule has 3 rings (SSSR count). The Morgan fingerprint density at radius 1 is 1.30 bits per heavy atom. The number of carbonyl (C=O) groups is 1. The van der Waals surface area contributed by atoms with Gasteiger partial charge in [-0.1, -0.05) is 0 Å². The van der Waals surface area contributed by atoms with Crippen molar-refractivity contribution in [1.82, 2.24) is 15.3 Å². The van der Waals surface area contributed by atoms with E-state index in [1.54, 1.807) is 6.07 Å². The third-order valence-corrected chi connectivity index (χ3v) is 5.26. The van der Waals surface area contributed by atoms with E-state index in [4.69, 9.17) is 5.11 Å². The molecule has 30 heavy (non-hydrogen) atoms. The number of carboxylic acid groups (broad SMARTS) is 1. The molecule has 0 spiro atoms. The molecule has 7 nitrogen and oxygen atoms in total. The Kier molecular flexibility index (Phi) is 6.64. The van der Waals surface area contributed by atoms with Gasteiger partial charge in [0.1, 0.15) is 4.60 Å². The smallest absolute Gasteiger partial charge is 0.404 e. The second-order valence-electron chi connectivity index (χ2n) is 6.85. The van der Waals surface area contributed by atoms with Crippen LogP contribution in [0.5, 0.6) is 0 Å².